The largest absolute Gasteiger partial charge is 0.493 e. The molecule has 0 atom stereocenters. The minimum atomic E-state index is 0.529. The Hall–Kier alpha value is -2.48. The smallest absolute Gasteiger partial charge is 0.203 e. The number of thiazole rings is 1. The van der Waals surface area contributed by atoms with Crippen molar-refractivity contribution < 1.29 is 14.2 Å². The number of aromatic nitrogens is 1. The molecule has 2 N–H and O–H groups in total. The Kier molecular flexibility index (Phi) is 7.53. The van der Waals surface area contributed by atoms with Gasteiger partial charge in [-0.2, -0.15) is 0 Å². The third-order valence-electron chi connectivity index (χ3n) is 3.81. The van der Waals surface area contributed by atoms with Crippen molar-refractivity contribution in [2.24, 2.45) is 4.99 Å². The molecule has 26 heavy (non-hydrogen) atoms. The number of hydrogen-bond donors (Lipinski definition) is 2. The van der Waals surface area contributed by atoms with E-state index in [1.54, 1.807) is 39.7 Å². The zero-order valence-corrected chi connectivity index (χ0v) is 16.7. The summed E-state index contributed by atoms with van der Waals surface area (Å²) in [5, 5.41) is 7.59. The zero-order chi connectivity index (χ0) is 18.9. The van der Waals surface area contributed by atoms with Gasteiger partial charge in [-0.05, 0) is 18.6 Å². The van der Waals surface area contributed by atoms with Crippen molar-refractivity contribution in [1.82, 2.24) is 15.6 Å². The second-order valence-corrected chi connectivity index (χ2v) is 6.55. The van der Waals surface area contributed by atoms with E-state index in [0.29, 0.717) is 36.3 Å². The van der Waals surface area contributed by atoms with Crippen LogP contribution in [0.5, 0.6) is 17.2 Å². The number of nitrogens with one attached hydrogen (secondary N) is 2. The Bertz CT molecular complexity index is 746. The molecule has 0 spiro atoms. The molecular formula is C18H26N4O3S. The first kappa shape index (κ1) is 19.8. The van der Waals surface area contributed by atoms with Gasteiger partial charge in [0.05, 0.1) is 27.9 Å². The third kappa shape index (κ3) is 4.78. The molecule has 0 fully saturated rings. The lowest BCUT2D eigenvalue weighted by Gasteiger charge is -2.17. The van der Waals surface area contributed by atoms with Gasteiger partial charge in [-0.25, -0.2) is 4.98 Å². The Morgan fingerprint density at radius 3 is 2.38 bits per heavy atom. The Morgan fingerprint density at radius 1 is 1.08 bits per heavy atom. The molecule has 8 heteroatoms. The number of methoxy groups -OCH3 is 3. The summed E-state index contributed by atoms with van der Waals surface area (Å²) in [5.74, 6) is 2.54. The van der Waals surface area contributed by atoms with E-state index in [1.165, 1.54) is 4.88 Å². The van der Waals surface area contributed by atoms with Crippen molar-refractivity contribution in [2.75, 3.05) is 28.4 Å². The zero-order valence-electron chi connectivity index (χ0n) is 15.9. The van der Waals surface area contributed by atoms with E-state index >= 15 is 0 Å². The number of hydrogen-bond acceptors (Lipinski definition) is 6. The van der Waals surface area contributed by atoms with E-state index in [4.69, 9.17) is 14.2 Å². The topological polar surface area (TPSA) is 77.0 Å². The highest BCUT2D eigenvalue weighted by atomic mass is 32.1. The van der Waals surface area contributed by atoms with Crippen molar-refractivity contribution in [2.45, 2.75) is 26.4 Å². The van der Waals surface area contributed by atoms with Gasteiger partial charge in [-0.3, -0.25) is 4.99 Å². The highest BCUT2D eigenvalue weighted by molar-refractivity contribution is 7.11. The van der Waals surface area contributed by atoms with Gasteiger partial charge in [-0.1, -0.05) is 6.92 Å². The summed E-state index contributed by atoms with van der Waals surface area (Å²) < 4.78 is 16.2. The van der Waals surface area contributed by atoms with Gasteiger partial charge in [-0.15, -0.1) is 11.3 Å². The van der Waals surface area contributed by atoms with Gasteiger partial charge in [0.1, 0.15) is 5.01 Å². The van der Waals surface area contributed by atoms with Gasteiger partial charge in [0, 0.05) is 30.2 Å². The van der Waals surface area contributed by atoms with Crippen LogP contribution in [-0.4, -0.2) is 39.3 Å². The summed E-state index contributed by atoms with van der Waals surface area (Å²) in [6, 6.07) is 3.80. The minimum absolute atomic E-state index is 0.529. The molecule has 1 aromatic heterocycles. The van der Waals surface area contributed by atoms with Crippen molar-refractivity contribution in [3.8, 4) is 17.2 Å². The maximum atomic E-state index is 5.51. The number of aryl methyl sites for hydroxylation is 1. The number of guanidine groups is 1. The van der Waals surface area contributed by atoms with Gasteiger partial charge in [0.2, 0.25) is 5.75 Å². The van der Waals surface area contributed by atoms with Gasteiger partial charge in [0.15, 0.2) is 17.5 Å². The molecule has 0 aliphatic carbocycles. The molecule has 0 saturated carbocycles. The molecule has 0 aliphatic heterocycles. The lowest BCUT2D eigenvalue weighted by molar-refractivity contribution is 0.322. The van der Waals surface area contributed by atoms with Gasteiger partial charge < -0.3 is 24.8 Å². The van der Waals surface area contributed by atoms with Crippen LogP contribution in [0.1, 0.15) is 22.4 Å². The van der Waals surface area contributed by atoms with E-state index in [0.717, 1.165) is 17.0 Å². The SMILES string of the molecule is CCc1cnc(CNC(=NC)NCc2ccc(OC)c(OC)c2OC)s1. The molecule has 142 valence electrons. The average Bonchev–Trinajstić information content (AvgIpc) is 3.15. The molecule has 0 amide bonds. The standard InChI is InChI=1S/C18H26N4O3S/c1-6-13-10-20-15(26-13)11-22-18(19-2)21-9-12-7-8-14(23-3)17(25-5)16(12)24-4/h7-8,10H,6,9,11H2,1-5H3,(H2,19,21,22). The molecule has 0 aliphatic rings. The first-order valence-corrected chi connectivity index (χ1v) is 9.14. The molecular weight excluding hydrogens is 352 g/mol. The maximum Gasteiger partial charge on any atom is 0.203 e. The predicted octanol–water partition coefficient (Wildman–Crippen LogP) is 2.60. The van der Waals surface area contributed by atoms with Crippen LogP contribution in [0.2, 0.25) is 0 Å². The summed E-state index contributed by atoms with van der Waals surface area (Å²) in [5.41, 5.74) is 0.940. The van der Waals surface area contributed by atoms with Crippen LogP contribution in [-0.2, 0) is 19.5 Å². The van der Waals surface area contributed by atoms with Crippen LogP contribution in [0, 0.1) is 0 Å². The quantitative estimate of drug-likeness (QED) is 0.543. The summed E-state index contributed by atoms with van der Waals surface area (Å²) >= 11 is 1.71. The lowest BCUT2D eigenvalue weighted by Crippen LogP contribution is -2.36. The second-order valence-electron chi connectivity index (χ2n) is 5.35. The molecule has 1 aromatic carbocycles. The second kappa shape index (κ2) is 9.86. The van der Waals surface area contributed by atoms with Crippen molar-refractivity contribution >= 4 is 17.3 Å². The molecule has 0 saturated heterocycles. The number of aliphatic imine (C=N–C) groups is 1. The van der Waals surface area contributed by atoms with E-state index in [2.05, 4.69) is 27.5 Å². The van der Waals surface area contributed by atoms with Gasteiger partial charge >= 0.3 is 0 Å². The number of rotatable bonds is 8. The molecule has 7 nitrogen and oxygen atoms in total. The highest BCUT2D eigenvalue weighted by Crippen LogP contribution is 2.39. The van der Waals surface area contributed by atoms with E-state index in [1.807, 2.05) is 18.3 Å². The summed E-state index contributed by atoms with van der Waals surface area (Å²) in [4.78, 5) is 9.93. The normalized spacial score (nSPS) is 11.2. The Labute approximate surface area is 158 Å². The Morgan fingerprint density at radius 2 is 1.81 bits per heavy atom. The predicted molar refractivity (Wildman–Crippen MR) is 105 cm³/mol. The highest BCUT2D eigenvalue weighted by Gasteiger charge is 2.16. The fourth-order valence-corrected chi connectivity index (χ4v) is 3.26. The average molecular weight is 378 g/mol. The number of nitrogens with zero attached hydrogens (tertiary/aromatic N) is 2. The maximum absolute atomic E-state index is 5.51. The lowest BCUT2D eigenvalue weighted by atomic mass is 10.1. The monoisotopic (exact) mass is 378 g/mol. The van der Waals surface area contributed by atoms with E-state index in [-0.39, 0.29) is 0 Å². The molecule has 0 bridgehead atoms. The fraction of sp³-hybridized carbons (Fsp3) is 0.444. The minimum Gasteiger partial charge on any atom is -0.493 e. The van der Waals surface area contributed by atoms with E-state index in [9.17, 15) is 0 Å². The van der Waals surface area contributed by atoms with Gasteiger partial charge in [0.25, 0.3) is 0 Å². The van der Waals surface area contributed by atoms with Crippen molar-refractivity contribution in [1.29, 1.82) is 0 Å². The number of ether oxygens (including phenoxy) is 3. The molecule has 2 rings (SSSR count). The first-order chi connectivity index (χ1) is 12.7. The van der Waals surface area contributed by atoms with Crippen LogP contribution in [0.3, 0.4) is 0 Å². The summed E-state index contributed by atoms with van der Waals surface area (Å²) in [6.07, 6.45) is 2.93. The molecule has 1 heterocycles. The third-order valence-corrected chi connectivity index (χ3v) is 4.95. The van der Waals surface area contributed by atoms with E-state index < -0.39 is 0 Å². The van der Waals surface area contributed by atoms with Crippen LogP contribution >= 0.6 is 11.3 Å². The molecule has 0 unspecified atom stereocenters. The number of benzene rings is 1. The summed E-state index contributed by atoms with van der Waals surface area (Å²) in [7, 11) is 6.54. The van der Waals surface area contributed by atoms with Crippen LogP contribution in [0.15, 0.2) is 23.3 Å². The molecule has 2 aromatic rings. The Balaban J connectivity index is 2.01. The van der Waals surface area contributed by atoms with Crippen LogP contribution in [0.25, 0.3) is 0 Å². The molecule has 0 radical (unpaired) electrons. The van der Waals surface area contributed by atoms with Crippen LogP contribution in [0.4, 0.5) is 0 Å². The fourth-order valence-electron chi connectivity index (χ4n) is 2.45. The van der Waals surface area contributed by atoms with Crippen molar-refractivity contribution in [3.05, 3.63) is 33.8 Å². The summed E-state index contributed by atoms with van der Waals surface area (Å²) in [6.45, 7) is 3.29. The van der Waals surface area contributed by atoms with Crippen LogP contribution < -0.4 is 24.8 Å². The van der Waals surface area contributed by atoms with Crippen molar-refractivity contribution in [3.63, 3.8) is 0 Å². The first-order valence-electron chi connectivity index (χ1n) is 8.32.